The minimum atomic E-state index is 0.426. The van der Waals surface area contributed by atoms with E-state index in [2.05, 4.69) is 32.6 Å². The zero-order valence-electron chi connectivity index (χ0n) is 12.1. The number of likely N-dealkylation sites (tertiary alicyclic amines) is 1. The van der Waals surface area contributed by atoms with Gasteiger partial charge in [0.2, 0.25) is 0 Å². The van der Waals surface area contributed by atoms with Crippen LogP contribution < -0.4 is 5.73 Å². The maximum atomic E-state index is 6.27. The molecule has 4 atom stereocenters. The Balaban J connectivity index is 1.89. The fourth-order valence-electron chi connectivity index (χ4n) is 3.42. The summed E-state index contributed by atoms with van der Waals surface area (Å²) in [5, 5.41) is 0. The second-order valence-electron chi connectivity index (χ2n) is 7.50. The van der Waals surface area contributed by atoms with Crippen molar-refractivity contribution in [2.24, 2.45) is 28.9 Å². The Kier molecular flexibility index (Phi) is 3.84. The van der Waals surface area contributed by atoms with E-state index < -0.39 is 0 Å². The molecule has 1 aliphatic carbocycles. The van der Waals surface area contributed by atoms with Crippen molar-refractivity contribution in [3.63, 3.8) is 0 Å². The number of hydrogen-bond acceptors (Lipinski definition) is 2. The van der Waals surface area contributed by atoms with E-state index in [1.165, 1.54) is 38.9 Å². The highest BCUT2D eigenvalue weighted by atomic mass is 15.2. The van der Waals surface area contributed by atoms with E-state index in [9.17, 15) is 0 Å². The molecule has 4 unspecified atom stereocenters. The Morgan fingerprint density at radius 2 is 1.94 bits per heavy atom. The van der Waals surface area contributed by atoms with E-state index in [-0.39, 0.29) is 0 Å². The Labute approximate surface area is 107 Å². The lowest BCUT2D eigenvalue weighted by Gasteiger charge is -2.31. The van der Waals surface area contributed by atoms with E-state index in [0.29, 0.717) is 11.5 Å². The van der Waals surface area contributed by atoms with Gasteiger partial charge in [0.15, 0.2) is 0 Å². The van der Waals surface area contributed by atoms with Gasteiger partial charge in [-0.2, -0.15) is 0 Å². The molecule has 1 saturated carbocycles. The molecule has 1 saturated heterocycles. The quantitative estimate of drug-likeness (QED) is 0.801. The summed E-state index contributed by atoms with van der Waals surface area (Å²) in [6, 6.07) is 0.476. The number of nitrogens with zero attached hydrogens (tertiary/aromatic N) is 1. The lowest BCUT2D eigenvalue weighted by Crippen LogP contribution is -2.38. The molecule has 17 heavy (non-hydrogen) atoms. The summed E-state index contributed by atoms with van der Waals surface area (Å²) in [6.07, 6.45) is 4.02. The molecule has 2 nitrogen and oxygen atoms in total. The van der Waals surface area contributed by atoms with Gasteiger partial charge in [-0.05, 0) is 36.0 Å². The second kappa shape index (κ2) is 4.89. The van der Waals surface area contributed by atoms with Gasteiger partial charge in [0.05, 0.1) is 0 Å². The molecule has 1 heterocycles. The van der Waals surface area contributed by atoms with Crippen LogP contribution in [0.5, 0.6) is 0 Å². The Morgan fingerprint density at radius 3 is 2.53 bits per heavy atom. The van der Waals surface area contributed by atoms with Crippen molar-refractivity contribution >= 4 is 0 Å². The third-order valence-corrected chi connectivity index (χ3v) is 5.24. The first-order chi connectivity index (χ1) is 7.88. The van der Waals surface area contributed by atoms with Crippen molar-refractivity contribution in [2.45, 2.75) is 53.0 Å². The lowest BCUT2D eigenvalue weighted by molar-refractivity contribution is 0.177. The van der Waals surface area contributed by atoms with Crippen LogP contribution in [0.15, 0.2) is 0 Å². The lowest BCUT2D eigenvalue weighted by atomic mass is 9.78. The van der Waals surface area contributed by atoms with Crippen molar-refractivity contribution in [3.8, 4) is 0 Å². The van der Waals surface area contributed by atoms with Crippen molar-refractivity contribution in [1.29, 1.82) is 0 Å². The van der Waals surface area contributed by atoms with Crippen LogP contribution in [0.2, 0.25) is 0 Å². The Bertz CT molecular complexity index is 256. The molecule has 0 aromatic carbocycles. The second-order valence-corrected chi connectivity index (χ2v) is 7.50. The predicted molar refractivity (Wildman–Crippen MR) is 73.9 cm³/mol. The normalized spacial score (nSPS) is 36.9. The van der Waals surface area contributed by atoms with Gasteiger partial charge < -0.3 is 10.6 Å². The Hall–Kier alpha value is -0.0800. The molecule has 0 spiro atoms. The molecular weight excluding hydrogens is 208 g/mol. The summed E-state index contributed by atoms with van der Waals surface area (Å²) in [7, 11) is 0. The zero-order valence-corrected chi connectivity index (χ0v) is 12.1. The van der Waals surface area contributed by atoms with Gasteiger partial charge in [-0.25, -0.2) is 0 Å². The number of hydrogen-bond donors (Lipinski definition) is 1. The maximum absolute atomic E-state index is 6.27. The Morgan fingerprint density at radius 1 is 1.24 bits per heavy atom. The van der Waals surface area contributed by atoms with Crippen LogP contribution in [-0.4, -0.2) is 30.6 Å². The molecule has 2 N–H and O–H groups in total. The van der Waals surface area contributed by atoms with Gasteiger partial charge in [-0.3, -0.25) is 0 Å². The van der Waals surface area contributed by atoms with Gasteiger partial charge in [0, 0.05) is 25.7 Å². The van der Waals surface area contributed by atoms with Crippen LogP contribution in [0.25, 0.3) is 0 Å². The highest BCUT2D eigenvalue weighted by molar-refractivity contribution is 4.93. The average molecular weight is 238 g/mol. The van der Waals surface area contributed by atoms with Crippen LogP contribution in [0.4, 0.5) is 0 Å². The van der Waals surface area contributed by atoms with Crippen LogP contribution in [0.3, 0.4) is 0 Å². The SMILES string of the molecule is CC(CN1CC2CCCC(N)C2C1)C(C)(C)C. The summed E-state index contributed by atoms with van der Waals surface area (Å²) in [6.45, 7) is 13.3. The van der Waals surface area contributed by atoms with E-state index >= 15 is 0 Å². The van der Waals surface area contributed by atoms with E-state index in [0.717, 1.165) is 17.8 Å². The molecule has 2 rings (SSSR count). The topological polar surface area (TPSA) is 29.3 Å². The van der Waals surface area contributed by atoms with Gasteiger partial charge in [0.1, 0.15) is 0 Å². The molecule has 0 bridgehead atoms. The largest absolute Gasteiger partial charge is 0.327 e. The molecule has 2 aliphatic rings. The number of rotatable bonds is 2. The van der Waals surface area contributed by atoms with Crippen LogP contribution in [0.1, 0.15) is 47.0 Å². The van der Waals surface area contributed by atoms with Crippen LogP contribution in [0, 0.1) is 23.2 Å². The maximum Gasteiger partial charge on any atom is 0.00825 e. The molecule has 100 valence electrons. The fourth-order valence-corrected chi connectivity index (χ4v) is 3.42. The third kappa shape index (κ3) is 3.03. The zero-order chi connectivity index (χ0) is 12.6. The first kappa shape index (κ1) is 13.4. The third-order valence-electron chi connectivity index (χ3n) is 5.24. The fraction of sp³-hybridized carbons (Fsp3) is 1.00. The molecule has 2 heteroatoms. The molecule has 0 aromatic rings. The van der Waals surface area contributed by atoms with Gasteiger partial charge in [0.25, 0.3) is 0 Å². The number of fused-ring (bicyclic) bond motifs is 1. The van der Waals surface area contributed by atoms with Gasteiger partial charge in [-0.1, -0.05) is 34.1 Å². The van der Waals surface area contributed by atoms with Gasteiger partial charge >= 0.3 is 0 Å². The summed E-state index contributed by atoms with van der Waals surface area (Å²) >= 11 is 0. The molecule has 0 amide bonds. The van der Waals surface area contributed by atoms with Gasteiger partial charge in [-0.15, -0.1) is 0 Å². The molecule has 0 radical (unpaired) electrons. The average Bonchev–Trinajstić information content (AvgIpc) is 2.60. The van der Waals surface area contributed by atoms with Crippen molar-refractivity contribution in [2.75, 3.05) is 19.6 Å². The van der Waals surface area contributed by atoms with Crippen LogP contribution in [-0.2, 0) is 0 Å². The smallest absolute Gasteiger partial charge is 0.00825 e. The predicted octanol–water partition coefficient (Wildman–Crippen LogP) is 2.73. The highest BCUT2D eigenvalue weighted by Gasteiger charge is 2.39. The van der Waals surface area contributed by atoms with Crippen LogP contribution >= 0.6 is 0 Å². The highest BCUT2D eigenvalue weighted by Crippen LogP contribution is 2.37. The monoisotopic (exact) mass is 238 g/mol. The van der Waals surface area contributed by atoms with Crippen molar-refractivity contribution < 1.29 is 0 Å². The van der Waals surface area contributed by atoms with Crippen molar-refractivity contribution in [3.05, 3.63) is 0 Å². The first-order valence-electron chi connectivity index (χ1n) is 7.36. The minimum absolute atomic E-state index is 0.426. The summed E-state index contributed by atoms with van der Waals surface area (Å²) in [5.74, 6) is 2.45. The first-order valence-corrected chi connectivity index (χ1v) is 7.36. The number of nitrogens with two attached hydrogens (primary N) is 1. The molecular formula is C15H30N2. The standard InChI is InChI=1S/C15H30N2/c1-11(15(2,3)4)8-17-9-12-6-5-7-14(16)13(12)10-17/h11-14H,5-10,16H2,1-4H3. The molecule has 0 aromatic heterocycles. The summed E-state index contributed by atoms with van der Waals surface area (Å²) < 4.78 is 0. The van der Waals surface area contributed by atoms with E-state index in [1.807, 2.05) is 0 Å². The minimum Gasteiger partial charge on any atom is -0.327 e. The summed E-state index contributed by atoms with van der Waals surface area (Å²) in [4.78, 5) is 2.68. The van der Waals surface area contributed by atoms with Crippen molar-refractivity contribution in [1.82, 2.24) is 4.90 Å². The summed E-state index contributed by atoms with van der Waals surface area (Å²) in [5.41, 5.74) is 6.70. The van der Waals surface area contributed by atoms with E-state index in [1.54, 1.807) is 0 Å². The van der Waals surface area contributed by atoms with E-state index in [4.69, 9.17) is 5.73 Å². The molecule has 2 fully saturated rings. The molecule has 1 aliphatic heterocycles.